The lowest BCUT2D eigenvalue weighted by atomic mass is 10.1. The minimum atomic E-state index is -3.80. The van der Waals surface area contributed by atoms with Crippen LogP contribution in [0.2, 0.25) is 5.02 Å². The molecule has 0 aliphatic carbocycles. The molecule has 0 N–H and O–H groups in total. The number of benzene rings is 1. The summed E-state index contributed by atoms with van der Waals surface area (Å²) in [6.45, 7) is 3.51. The van der Waals surface area contributed by atoms with Gasteiger partial charge in [-0.1, -0.05) is 25.4 Å². The molecule has 2 rings (SSSR count). The molecule has 12 heteroatoms. The Hall–Kier alpha value is -1.69. The highest BCUT2D eigenvalue weighted by molar-refractivity contribution is 7.91. The van der Waals surface area contributed by atoms with E-state index in [2.05, 4.69) is 0 Å². The van der Waals surface area contributed by atoms with Gasteiger partial charge in [0.15, 0.2) is 16.4 Å². The van der Waals surface area contributed by atoms with E-state index >= 15 is 0 Å². The highest BCUT2D eigenvalue weighted by Gasteiger charge is 2.35. The van der Waals surface area contributed by atoms with E-state index in [0.717, 1.165) is 10.4 Å². The summed E-state index contributed by atoms with van der Waals surface area (Å²) in [4.78, 5) is 26.5. The zero-order chi connectivity index (χ0) is 23.6. The topological polar surface area (TPSA) is 118 Å². The maximum absolute atomic E-state index is 12.7. The van der Waals surface area contributed by atoms with Crippen molar-refractivity contribution in [1.29, 1.82) is 0 Å². The van der Waals surface area contributed by atoms with E-state index in [9.17, 15) is 26.4 Å². The van der Waals surface area contributed by atoms with E-state index < -0.39 is 44.4 Å². The number of carbonyl (C=O) groups is 2. The van der Waals surface area contributed by atoms with Gasteiger partial charge in [-0.2, -0.15) is 0 Å². The Balaban J connectivity index is 2.16. The molecule has 1 heterocycles. The second kappa shape index (κ2) is 9.85. The molecule has 0 radical (unpaired) electrons. The van der Waals surface area contributed by atoms with Gasteiger partial charge in [-0.25, -0.2) is 25.9 Å². The number of sulfonamides is 1. The molecule has 0 spiro atoms. The molecule has 1 atom stereocenters. The molecule has 1 aromatic rings. The number of ether oxygens (including phenoxy) is 1. The summed E-state index contributed by atoms with van der Waals surface area (Å²) in [5.74, 6) is -1.47. The molecular formula is C19H27ClN2O7S2. The summed E-state index contributed by atoms with van der Waals surface area (Å²) in [6.07, 6.45) is 0.338. The van der Waals surface area contributed by atoms with Gasteiger partial charge >= 0.3 is 5.97 Å². The Morgan fingerprint density at radius 3 is 2.42 bits per heavy atom. The second-order valence-corrected chi connectivity index (χ2v) is 12.8. The molecule has 0 aromatic heterocycles. The van der Waals surface area contributed by atoms with Crippen LogP contribution in [0.1, 0.15) is 30.6 Å². The molecule has 1 unspecified atom stereocenters. The zero-order valence-electron chi connectivity index (χ0n) is 17.9. The van der Waals surface area contributed by atoms with Crippen molar-refractivity contribution in [3.05, 3.63) is 28.8 Å². The van der Waals surface area contributed by atoms with Crippen LogP contribution in [0.25, 0.3) is 0 Å². The van der Waals surface area contributed by atoms with E-state index in [1.54, 1.807) is 0 Å². The first kappa shape index (κ1) is 25.6. The first-order valence-corrected chi connectivity index (χ1v) is 13.3. The molecular weight excluding hydrogens is 468 g/mol. The van der Waals surface area contributed by atoms with Crippen molar-refractivity contribution in [1.82, 2.24) is 9.21 Å². The highest BCUT2D eigenvalue weighted by atomic mass is 35.5. The lowest BCUT2D eigenvalue weighted by Gasteiger charge is -2.29. The predicted octanol–water partition coefficient (Wildman–Crippen LogP) is 1.42. The van der Waals surface area contributed by atoms with Crippen LogP contribution in [0, 0.1) is 5.92 Å². The number of hydrogen-bond donors (Lipinski definition) is 0. The maximum atomic E-state index is 12.7. The zero-order valence-corrected chi connectivity index (χ0v) is 20.3. The summed E-state index contributed by atoms with van der Waals surface area (Å²) in [5.41, 5.74) is -0.184. The van der Waals surface area contributed by atoms with Crippen molar-refractivity contribution in [3.8, 4) is 0 Å². The number of carbonyl (C=O) groups excluding carboxylic acids is 2. The van der Waals surface area contributed by atoms with Crippen molar-refractivity contribution in [3.63, 3.8) is 0 Å². The average Bonchev–Trinajstić information content (AvgIpc) is 3.03. The Morgan fingerprint density at radius 1 is 1.26 bits per heavy atom. The fourth-order valence-electron chi connectivity index (χ4n) is 3.19. The number of nitrogens with zero attached hydrogens (tertiary/aromatic N) is 2. The molecule has 1 saturated heterocycles. The number of sulfone groups is 1. The lowest BCUT2D eigenvalue weighted by molar-refractivity contribution is -0.137. The number of rotatable bonds is 8. The van der Waals surface area contributed by atoms with Gasteiger partial charge in [-0.3, -0.25) is 4.79 Å². The van der Waals surface area contributed by atoms with Crippen molar-refractivity contribution < 1.29 is 31.2 Å². The van der Waals surface area contributed by atoms with E-state index in [0.29, 0.717) is 13.0 Å². The summed E-state index contributed by atoms with van der Waals surface area (Å²) < 4.78 is 54.3. The first-order valence-electron chi connectivity index (χ1n) is 9.63. The third-order valence-corrected chi connectivity index (χ3v) is 8.69. The lowest BCUT2D eigenvalue weighted by Crippen LogP contribution is -2.45. The van der Waals surface area contributed by atoms with Gasteiger partial charge in [0.2, 0.25) is 10.0 Å². The average molecular weight is 495 g/mol. The number of halogens is 1. The second-order valence-electron chi connectivity index (χ2n) is 8.00. The SMILES string of the molecule is CC(C)CN(C(=O)COC(=O)c1cc(S(=O)(=O)N(C)C)ccc1Cl)C1CCS(=O)(=O)C1. The van der Waals surface area contributed by atoms with Crippen molar-refractivity contribution in [2.75, 3.05) is 38.8 Å². The molecule has 1 fully saturated rings. The Labute approximate surface area is 188 Å². The van der Waals surface area contributed by atoms with Crippen LogP contribution >= 0.6 is 11.6 Å². The van der Waals surface area contributed by atoms with Crippen LogP contribution in [0.4, 0.5) is 0 Å². The number of amides is 1. The van der Waals surface area contributed by atoms with Gasteiger partial charge in [0, 0.05) is 26.7 Å². The minimum Gasteiger partial charge on any atom is -0.452 e. The van der Waals surface area contributed by atoms with Crippen molar-refractivity contribution in [2.24, 2.45) is 5.92 Å². The fourth-order valence-corrected chi connectivity index (χ4v) is 6.04. The largest absolute Gasteiger partial charge is 0.452 e. The first-order chi connectivity index (χ1) is 14.2. The molecule has 9 nitrogen and oxygen atoms in total. The Kier molecular flexibility index (Phi) is 8.12. The third kappa shape index (κ3) is 6.41. The van der Waals surface area contributed by atoms with Crippen LogP contribution in [-0.4, -0.2) is 82.7 Å². The molecule has 1 aliphatic rings. The standard InChI is InChI=1S/C19H27ClN2O7S2/c1-13(2)10-22(14-7-8-30(25,26)12-14)18(23)11-29-19(24)16-9-15(5-6-17(16)20)31(27,28)21(3)4/h5-6,9,13-14H,7-8,10-12H2,1-4H3. The fraction of sp³-hybridized carbons (Fsp3) is 0.579. The van der Waals surface area contributed by atoms with Crippen LogP contribution in [0.15, 0.2) is 23.1 Å². The third-order valence-electron chi connectivity index (χ3n) is 4.79. The van der Waals surface area contributed by atoms with Crippen molar-refractivity contribution in [2.45, 2.75) is 31.2 Å². The van der Waals surface area contributed by atoms with Gasteiger partial charge in [0.1, 0.15) is 0 Å². The molecule has 1 amide bonds. The van der Waals surface area contributed by atoms with Gasteiger partial charge in [0.05, 0.1) is 27.0 Å². The monoisotopic (exact) mass is 494 g/mol. The highest BCUT2D eigenvalue weighted by Crippen LogP contribution is 2.23. The van der Waals surface area contributed by atoms with Gasteiger partial charge in [-0.15, -0.1) is 0 Å². The molecule has 1 aliphatic heterocycles. The molecule has 31 heavy (non-hydrogen) atoms. The van der Waals surface area contributed by atoms with Crippen LogP contribution in [0.5, 0.6) is 0 Å². The number of esters is 1. The van der Waals surface area contributed by atoms with Gasteiger partial charge in [0.25, 0.3) is 5.91 Å². The quantitative estimate of drug-likeness (QED) is 0.501. The summed E-state index contributed by atoms with van der Waals surface area (Å²) in [7, 11) is -4.28. The van der Waals surface area contributed by atoms with E-state index in [1.165, 1.54) is 31.1 Å². The maximum Gasteiger partial charge on any atom is 0.340 e. The minimum absolute atomic E-state index is 0.0160. The van der Waals surface area contributed by atoms with E-state index in [1.807, 2.05) is 13.8 Å². The Bertz CT molecular complexity index is 1050. The normalized spacial score (nSPS) is 18.4. The van der Waals surface area contributed by atoms with Gasteiger partial charge < -0.3 is 9.64 Å². The van der Waals surface area contributed by atoms with E-state index in [-0.39, 0.29) is 32.9 Å². The predicted molar refractivity (Wildman–Crippen MR) is 116 cm³/mol. The molecule has 1 aromatic carbocycles. The number of hydrogen-bond acceptors (Lipinski definition) is 7. The van der Waals surface area contributed by atoms with Crippen LogP contribution < -0.4 is 0 Å². The summed E-state index contributed by atoms with van der Waals surface area (Å²) in [5, 5.41) is -0.0175. The smallest absolute Gasteiger partial charge is 0.340 e. The summed E-state index contributed by atoms with van der Waals surface area (Å²) in [6, 6.07) is 3.17. The molecule has 174 valence electrons. The van der Waals surface area contributed by atoms with Gasteiger partial charge in [-0.05, 0) is 30.5 Å². The summed E-state index contributed by atoms with van der Waals surface area (Å²) >= 11 is 6.03. The van der Waals surface area contributed by atoms with Crippen molar-refractivity contribution >= 4 is 43.3 Å². The Morgan fingerprint density at radius 2 is 1.90 bits per heavy atom. The van der Waals surface area contributed by atoms with E-state index in [4.69, 9.17) is 16.3 Å². The van der Waals surface area contributed by atoms with Crippen LogP contribution in [0.3, 0.4) is 0 Å². The van der Waals surface area contributed by atoms with Crippen LogP contribution in [-0.2, 0) is 29.4 Å². The molecule has 0 saturated carbocycles. The molecule has 0 bridgehead atoms.